The summed E-state index contributed by atoms with van der Waals surface area (Å²) in [6.45, 7) is 1.96. The number of hydrogen-bond donors (Lipinski definition) is 1. The van der Waals surface area contributed by atoms with Gasteiger partial charge >= 0.3 is 0 Å². The number of imidazole rings is 1. The molecule has 2 aromatic rings. The standard InChI is InChI=1S/C16H19N3O2/c1-10-17-14-9-12(5-8-15(14)19(10)2)18-16(21)11-3-6-13(20)7-4-11/h5,8-9,11H,3-4,6-7H2,1-2H3,(H,18,21). The SMILES string of the molecule is Cc1nc2cc(NC(=O)C3CCC(=O)CC3)ccc2n1C. The fourth-order valence-electron chi connectivity index (χ4n) is 2.84. The van der Waals surface area contributed by atoms with Crippen LogP contribution in [0.15, 0.2) is 18.2 Å². The molecule has 110 valence electrons. The average molecular weight is 285 g/mol. The van der Waals surface area contributed by atoms with Gasteiger partial charge < -0.3 is 9.88 Å². The zero-order chi connectivity index (χ0) is 15.0. The van der Waals surface area contributed by atoms with E-state index in [9.17, 15) is 9.59 Å². The van der Waals surface area contributed by atoms with Crippen molar-refractivity contribution in [2.45, 2.75) is 32.6 Å². The Hall–Kier alpha value is -2.17. The zero-order valence-corrected chi connectivity index (χ0v) is 12.3. The first-order valence-corrected chi connectivity index (χ1v) is 7.30. The second-order valence-electron chi connectivity index (χ2n) is 5.72. The van der Waals surface area contributed by atoms with Crippen LogP contribution < -0.4 is 5.32 Å². The van der Waals surface area contributed by atoms with E-state index in [1.54, 1.807) is 0 Å². The predicted octanol–water partition coefficient (Wildman–Crippen LogP) is 2.58. The van der Waals surface area contributed by atoms with E-state index in [1.165, 1.54) is 0 Å². The van der Waals surface area contributed by atoms with Gasteiger partial charge in [-0.15, -0.1) is 0 Å². The first-order chi connectivity index (χ1) is 10.0. The number of rotatable bonds is 2. The second-order valence-corrected chi connectivity index (χ2v) is 5.72. The quantitative estimate of drug-likeness (QED) is 0.922. The molecule has 1 aliphatic rings. The number of Topliss-reactive ketones (excluding diaryl/α,β-unsaturated/α-hetero) is 1. The van der Waals surface area contributed by atoms with E-state index in [0.717, 1.165) is 22.5 Å². The lowest BCUT2D eigenvalue weighted by atomic mass is 9.88. The van der Waals surface area contributed by atoms with Gasteiger partial charge in [0.2, 0.25) is 5.91 Å². The zero-order valence-electron chi connectivity index (χ0n) is 12.3. The lowest BCUT2D eigenvalue weighted by Gasteiger charge is -2.20. The van der Waals surface area contributed by atoms with Crippen molar-refractivity contribution in [2.75, 3.05) is 5.32 Å². The van der Waals surface area contributed by atoms with Gasteiger partial charge in [0.1, 0.15) is 11.6 Å². The Bertz CT molecular complexity index is 708. The van der Waals surface area contributed by atoms with Crippen molar-refractivity contribution in [1.82, 2.24) is 9.55 Å². The van der Waals surface area contributed by atoms with Crippen molar-refractivity contribution in [2.24, 2.45) is 13.0 Å². The Balaban J connectivity index is 1.75. The Morgan fingerprint density at radius 3 is 2.76 bits per heavy atom. The van der Waals surface area contributed by atoms with Crippen LogP contribution in [0.1, 0.15) is 31.5 Å². The van der Waals surface area contributed by atoms with Crippen LogP contribution in [0.25, 0.3) is 11.0 Å². The highest BCUT2D eigenvalue weighted by atomic mass is 16.2. The number of amides is 1. The summed E-state index contributed by atoms with van der Waals surface area (Å²) in [5.41, 5.74) is 2.70. The number of anilines is 1. The molecule has 5 nitrogen and oxygen atoms in total. The molecule has 0 saturated heterocycles. The molecule has 1 N–H and O–H groups in total. The summed E-state index contributed by atoms with van der Waals surface area (Å²) in [5, 5.41) is 2.95. The van der Waals surface area contributed by atoms with Crippen LogP contribution in [-0.2, 0) is 16.6 Å². The molecule has 1 fully saturated rings. The monoisotopic (exact) mass is 285 g/mol. The highest BCUT2D eigenvalue weighted by Crippen LogP contribution is 2.24. The smallest absolute Gasteiger partial charge is 0.227 e. The maximum atomic E-state index is 12.2. The molecule has 0 bridgehead atoms. The maximum absolute atomic E-state index is 12.2. The topological polar surface area (TPSA) is 64.0 Å². The number of nitrogens with one attached hydrogen (secondary N) is 1. The summed E-state index contributed by atoms with van der Waals surface area (Å²) < 4.78 is 2.02. The molecule has 0 unspecified atom stereocenters. The fourth-order valence-corrected chi connectivity index (χ4v) is 2.84. The third-order valence-electron chi connectivity index (χ3n) is 4.29. The van der Waals surface area contributed by atoms with E-state index in [2.05, 4.69) is 10.3 Å². The van der Waals surface area contributed by atoms with Crippen LogP contribution in [0.4, 0.5) is 5.69 Å². The normalized spacial score (nSPS) is 16.4. The van der Waals surface area contributed by atoms with Gasteiger partial charge in [0, 0.05) is 31.5 Å². The molecular weight excluding hydrogens is 266 g/mol. The molecule has 1 amide bonds. The minimum absolute atomic E-state index is 0.00880. The lowest BCUT2D eigenvalue weighted by molar-refractivity contribution is -0.125. The first-order valence-electron chi connectivity index (χ1n) is 7.30. The number of fused-ring (bicyclic) bond motifs is 1. The number of aryl methyl sites for hydroxylation is 2. The Labute approximate surface area is 123 Å². The van der Waals surface area contributed by atoms with E-state index in [-0.39, 0.29) is 17.6 Å². The third-order valence-corrected chi connectivity index (χ3v) is 4.29. The molecule has 5 heteroatoms. The summed E-state index contributed by atoms with van der Waals surface area (Å²) in [4.78, 5) is 27.9. The van der Waals surface area contributed by atoms with Gasteiger partial charge in [0.25, 0.3) is 0 Å². The Morgan fingerprint density at radius 1 is 1.33 bits per heavy atom. The summed E-state index contributed by atoms with van der Waals surface area (Å²) in [5.74, 6) is 1.17. The summed E-state index contributed by atoms with van der Waals surface area (Å²) in [6.07, 6.45) is 2.37. The molecule has 0 radical (unpaired) electrons. The maximum Gasteiger partial charge on any atom is 0.227 e. The van der Waals surface area contributed by atoms with Gasteiger partial charge in [-0.05, 0) is 38.0 Å². The molecule has 1 aromatic heterocycles. The molecule has 1 saturated carbocycles. The molecule has 1 aromatic carbocycles. The summed E-state index contributed by atoms with van der Waals surface area (Å²) in [6, 6.07) is 5.76. The number of nitrogens with zero attached hydrogens (tertiary/aromatic N) is 2. The Kier molecular flexibility index (Phi) is 3.49. The van der Waals surface area contributed by atoms with E-state index < -0.39 is 0 Å². The van der Waals surface area contributed by atoms with Crippen molar-refractivity contribution in [1.29, 1.82) is 0 Å². The lowest BCUT2D eigenvalue weighted by Crippen LogP contribution is -2.27. The molecule has 1 aliphatic carbocycles. The predicted molar refractivity (Wildman–Crippen MR) is 81.0 cm³/mol. The number of benzene rings is 1. The number of hydrogen-bond acceptors (Lipinski definition) is 3. The molecule has 0 spiro atoms. The summed E-state index contributed by atoms with van der Waals surface area (Å²) >= 11 is 0. The minimum Gasteiger partial charge on any atom is -0.331 e. The molecule has 1 heterocycles. The number of aromatic nitrogens is 2. The summed E-state index contributed by atoms with van der Waals surface area (Å²) in [7, 11) is 1.97. The minimum atomic E-state index is -0.0520. The van der Waals surface area contributed by atoms with E-state index in [0.29, 0.717) is 25.7 Å². The van der Waals surface area contributed by atoms with E-state index in [4.69, 9.17) is 0 Å². The molecule has 21 heavy (non-hydrogen) atoms. The van der Waals surface area contributed by atoms with Crippen LogP contribution >= 0.6 is 0 Å². The van der Waals surface area contributed by atoms with Crippen molar-refractivity contribution in [3.8, 4) is 0 Å². The fraction of sp³-hybridized carbons (Fsp3) is 0.438. The average Bonchev–Trinajstić information content (AvgIpc) is 2.74. The number of ketones is 1. The van der Waals surface area contributed by atoms with Gasteiger partial charge in [-0.3, -0.25) is 9.59 Å². The molecule has 0 atom stereocenters. The Morgan fingerprint density at radius 2 is 2.05 bits per heavy atom. The van der Waals surface area contributed by atoms with Gasteiger partial charge in [-0.1, -0.05) is 0 Å². The van der Waals surface area contributed by atoms with Crippen molar-refractivity contribution < 1.29 is 9.59 Å². The molecular formula is C16H19N3O2. The third kappa shape index (κ3) is 2.68. The van der Waals surface area contributed by atoms with Crippen LogP contribution in [-0.4, -0.2) is 21.2 Å². The van der Waals surface area contributed by atoms with Crippen molar-refractivity contribution >= 4 is 28.4 Å². The van der Waals surface area contributed by atoms with Crippen LogP contribution in [0.5, 0.6) is 0 Å². The van der Waals surface area contributed by atoms with E-state index in [1.807, 2.05) is 36.7 Å². The van der Waals surface area contributed by atoms with Gasteiger partial charge in [-0.25, -0.2) is 4.98 Å². The van der Waals surface area contributed by atoms with Gasteiger partial charge in [-0.2, -0.15) is 0 Å². The molecule has 3 rings (SSSR count). The number of carbonyl (C=O) groups is 2. The van der Waals surface area contributed by atoms with Gasteiger partial charge in [0.05, 0.1) is 11.0 Å². The highest BCUT2D eigenvalue weighted by molar-refractivity contribution is 5.95. The van der Waals surface area contributed by atoms with Crippen LogP contribution in [0.2, 0.25) is 0 Å². The number of carbonyl (C=O) groups excluding carboxylic acids is 2. The van der Waals surface area contributed by atoms with Crippen LogP contribution in [0, 0.1) is 12.8 Å². The van der Waals surface area contributed by atoms with Gasteiger partial charge in [0.15, 0.2) is 0 Å². The van der Waals surface area contributed by atoms with Crippen molar-refractivity contribution in [3.05, 3.63) is 24.0 Å². The van der Waals surface area contributed by atoms with E-state index >= 15 is 0 Å². The van der Waals surface area contributed by atoms with Crippen molar-refractivity contribution in [3.63, 3.8) is 0 Å². The second kappa shape index (κ2) is 5.31. The largest absolute Gasteiger partial charge is 0.331 e. The van der Waals surface area contributed by atoms with Crippen LogP contribution in [0.3, 0.4) is 0 Å². The molecule has 0 aliphatic heterocycles. The highest BCUT2D eigenvalue weighted by Gasteiger charge is 2.24. The first kappa shape index (κ1) is 13.8.